The van der Waals surface area contributed by atoms with Crippen molar-refractivity contribution in [2.45, 2.75) is 58.7 Å². The quantitative estimate of drug-likeness (QED) is 0.492. The molecule has 0 aliphatic carbocycles. The Labute approximate surface area is 188 Å². The van der Waals surface area contributed by atoms with Crippen LogP contribution in [-0.2, 0) is 22.5 Å². The van der Waals surface area contributed by atoms with E-state index >= 15 is 0 Å². The summed E-state index contributed by atoms with van der Waals surface area (Å²) in [6.07, 6.45) is 0.585. The molecule has 0 aromatic heterocycles. The number of ether oxygens (including phenoxy) is 2. The molecule has 0 spiro atoms. The van der Waals surface area contributed by atoms with Gasteiger partial charge in [0, 0.05) is 19.5 Å². The lowest BCUT2D eigenvalue weighted by atomic mass is 9.94. The Bertz CT molecular complexity index is 955. The summed E-state index contributed by atoms with van der Waals surface area (Å²) in [5.74, 6) is -0.0610. The molecule has 166 valence electrons. The van der Waals surface area contributed by atoms with Gasteiger partial charge in [0.15, 0.2) is 5.75 Å². The number of halogens is 1. The minimum atomic E-state index is -0.583. The van der Waals surface area contributed by atoms with Gasteiger partial charge in [0.25, 0.3) is 0 Å². The number of para-hydroxylation sites is 1. The fourth-order valence-corrected chi connectivity index (χ4v) is 3.68. The van der Waals surface area contributed by atoms with Crippen molar-refractivity contribution in [3.05, 3.63) is 58.6 Å². The Kier molecular flexibility index (Phi) is 7.11. The second-order valence-electron chi connectivity index (χ2n) is 8.56. The zero-order chi connectivity index (χ0) is 22.6. The van der Waals surface area contributed by atoms with Crippen molar-refractivity contribution >= 4 is 29.4 Å². The summed E-state index contributed by atoms with van der Waals surface area (Å²) in [7, 11) is 0. The Hall–Kier alpha value is -2.73. The smallest absolute Gasteiger partial charge is 0.410 e. The molecule has 0 fully saturated rings. The van der Waals surface area contributed by atoms with Crippen molar-refractivity contribution in [2.24, 2.45) is 0 Å². The molecule has 0 saturated carbocycles. The summed E-state index contributed by atoms with van der Waals surface area (Å²) in [4.78, 5) is 26.5. The summed E-state index contributed by atoms with van der Waals surface area (Å²) < 4.78 is 11.1. The number of nitrogens with zero attached hydrogens (tertiary/aromatic N) is 1. The Morgan fingerprint density at radius 3 is 2.52 bits per heavy atom. The first kappa shape index (κ1) is 22.9. The van der Waals surface area contributed by atoms with E-state index < -0.39 is 5.60 Å². The van der Waals surface area contributed by atoms with Crippen LogP contribution in [0.3, 0.4) is 0 Å². The highest BCUT2D eigenvalue weighted by molar-refractivity contribution is 6.32. The fourth-order valence-electron chi connectivity index (χ4n) is 3.47. The van der Waals surface area contributed by atoms with Gasteiger partial charge >= 0.3 is 12.1 Å². The lowest BCUT2D eigenvalue weighted by molar-refractivity contribution is -0.133. The van der Waals surface area contributed by atoms with Gasteiger partial charge in [-0.25, -0.2) is 4.79 Å². The lowest BCUT2D eigenvalue weighted by Gasteiger charge is -2.38. The molecule has 1 N–H and O–H groups in total. The van der Waals surface area contributed by atoms with Crippen molar-refractivity contribution in [3.8, 4) is 5.75 Å². The molecule has 0 bridgehead atoms. The predicted molar refractivity (Wildman–Crippen MR) is 122 cm³/mol. The van der Waals surface area contributed by atoms with Crippen LogP contribution in [0.5, 0.6) is 5.75 Å². The van der Waals surface area contributed by atoms with Crippen molar-refractivity contribution in [1.82, 2.24) is 4.90 Å². The van der Waals surface area contributed by atoms with Crippen LogP contribution in [-0.4, -0.2) is 35.2 Å². The first-order chi connectivity index (χ1) is 14.7. The van der Waals surface area contributed by atoms with E-state index in [1.165, 1.54) is 5.56 Å². The van der Waals surface area contributed by atoms with Gasteiger partial charge in [-0.1, -0.05) is 48.9 Å². The summed E-state index contributed by atoms with van der Waals surface area (Å²) in [5.41, 5.74) is 2.35. The summed E-state index contributed by atoms with van der Waals surface area (Å²) in [6, 6.07) is 13.2. The molecule has 7 heteroatoms. The van der Waals surface area contributed by atoms with E-state index in [-0.39, 0.29) is 24.5 Å². The van der Waals surface area contributed by atoms with Crippen molar-refractivity contribution in [2.75, 3.05) is 11.9 Å². The van der Waals surface area contributed by atoms with E-state index in [0.29, 0.717) is 36.0 Å². The molecule has 1 unspecified atom stereocenters. The van der Waals surface area contributed by atoms with Crippen LogP contribution in [0.25, 0.3) is 0 Å². The number of hydrogen-bond acceptors (Lipinski definition) is 5. The Morgan fingerprint density at radius 2 is 1.84 bits per heavy atom. The number of nitrogens with one attached hydrogen (secondary N) is 1. The van der Waals surface area contributed by atoms with Crippen LogP contribution >= 0.6 is 11.6 Å². The molecule has 1 aliphatic rings. The summed E-state index contributed by atoms with van der Waals surface area (Å²) in [5, 5.41) is 3.67. The maximum atomic E-state index is 12.9. The van der Waals surface area contributed by atoms with Gasteiger partial charge in [-0.3, -0.25) is 9.69 Å². The zero-order valence-corrected chi connectivity index (χ0v) is 19.2. The molecule has 1 aliphatic heterocycles. The average Bonchev–Trinajstić information content (AvgIpc) is 2.72. The van der Waals surface area contributed by atoms with Gasteiger partial charge in [0.05, 0.1) is 16.8 Å². The maximum Gasteiger partial charge on any atom is 0.410 e. The SMILES string of the molecule is CCC(=O)Oc1c(Cl)cccc1NCC1Cc2ccccc2CN1C(=O)OC(C)(C)C. The van der Waals surface area contributed by atoms with Crippen molar-refractivity contribution in [1.29, 1.82) is 0 Å². The highest BCUT2D eigenvalue weighted by atomic mass is 35.5. The number of esters is 1. The number of carbonyl (C=O) groups excluding carboxylic acids is 2. The third-order valence-corrected chi connectivity index (χ3v) is 5.28. The molecule has 6 nitrogen and oxygen atoms in total. The Balaban J connectivity index is 1.82. The van der Waals surface area contributed by atoms with Crippen LogP contribution < -0.4 is 10.1 Å². The molecule has 31 heavy (non-hydrogen) atoms. The summed E-state index contributed by atoms with van der Waals surface area (Å²) in [6.45, 7) is 8.23. The Morgan fingerprint density at radius 1 is 1.13 bits per heavy atom. The van der Waals surface area contributed by atoms with Gasteiger partial charge in [-0.15, -0.1) is 0 Å². The molecule has 1 atom stereocenters. The second kappa shape index (κ2) is 9.60. The highest BCUT2D eigenvalue weighted by Gasteiger charge is 2.32. The molecular weight excluding hydrogens is 416 g/mol. The topological polar surface area (TPSA) is 67.9 Å². The number of hydrogen-bond donors (Lipinski definition) is 1. The van der Waals surface area contributed by atoms with E-state index in [2.05, 4.69) is 11.4 Å². The molecule has 1 heterocycles. The van der Waals surface area contributed by atoms with Crippen LogP contribution in [0, 0.1) is 0 Å². The van der Waals surface area contributed by atoms with E-state index in [0.717, 1.165) is 5.56 Å². The number of benzene rings is 2. The minimum Gasteiger partial charge on any atom is -0.444 e. The van der Waals surface area contributed by atoms with Crippen molar-refractivity contribution < 1.29 is 19.1 Å². The van der Waals surface area contributed by atoms with Gasteiger partial charge in [-0.2, -0.15) is 0 Å². The molecule has 2 aromatic carbocycles. The van der Waals surface area contributed by atoms with Crippen LogP contribution in [0.15, 0.2) is 42.5 Å². The molecular formula is C24H29ClN2O4. The first-order valence-corrected chi connectivity index (χ1v) is 10.8. The highest BCUT2D eigenvalue weighted by Crippen LogP contribution is 2.34. The molecule has 1 amide bonds. The lowest BCUT2D eigenvalue weighted by Crippen LogP contribution is -2.49. The van der Waals surface area contributed by atoms with Crippen molar-refractivity contribution in [3.63, 3.8) is 0 Å². The molecule has 0 saturated heterocycles. The maximum absolute atomic E-state index is 12.9. The number of fused-ring (bicyclic) bond motifs is 1. The van der Waals surface area contributed by atoms with E-state index in [4.69, 9.17) is 21.1 Å². The van der Waals surface area contributed by atoms with E-state index in [1.807, 2.05) is 39.0 Å². The predicted octanol–water partition coefficient (Wildman–Crippen LogP) is 5.43. The van der Waals surface area contributed by atoms with Gasteiger partial charge in [-0.05, 0) is 50.5 Å². The largest absolute Gasteiger partial charge is 0.444 e. The van der Waals surface area contributed by atoms with Gasteiger partial charge in [0.2, 0.25) is 0 Å². The molecule has 3 rings (SSSR count). The van der Waals surface area contributed by atoms with Crippen LogP contribution in [0.2, 0.25) is 5.02 Å². The minimum absolute atomic E-state index is 0.140. The monoisotopic (exact) mass is 444 g/mol. The van der Waals surface area contributed by atoms with Gasteiger partial charge < -0.3 is 14.8 Å². The number of anilines is 1. The first-order valence-electron chi connectivity index (χ1n) is 10.5. The van der Waals surface area contributed by atoms with E-state index in [1.54, 1.807) is 30.0 Å². The fraction of sp³-hybridized carbons (Fsp3) is 0.417. The van der Waals surface area contributed by atoms with E-state index in [9.17, 15) is 9.59 Å². The zero-order valence-electron chi connectivity index (χ0n) is 18.4. The molecule has 0 radical (unpaired) electrons. The number of carbonyl (C=O) groups is 2. The van der Waals surface area contributed by atoms with Crippen LogP contribution in [0.1, 0.15) is 45.2 Å². The third kappa shape index (κ3) is 5.91. The third-order valence-electron chi connectivity index (χ3n) is 4.98. The molecule has 2 aromatic rings. The number of rotatable bonds is 5. The normalized spacial score (nSPS) is 15.8. The average molecular weight is 445 g/mol. The second-order valence-corrected chi connectivity index (χ2v) is 8.97. The van der Waals surface area contributed by atoms with Gasteiger partial charge in [0.1, 0.15) is 5.60 Å². The summed E-state index contributed by atoms with van der Waals surface area (Å²) >= 11 is 6.27. The number of amides is 1. The van der Waals surface area contributed by atoms with Crippen LogP contribution in [0.4, 0.5) is 10.5 Å². The standard InChI is InChI=1S/C24H29ClN2O4/c1-5-21(28)30-22-19(25)11-8-12-20(22)26-14-18-13-16-9-6-7-10-17(16)15-27(18)23(29)31-24(2,3)4/h6-12,18,26H,5,13-15H2,1-4H3.